The van der Waals surface area contributed by atoms with Crippen molar-refractivity contribution in [2.75, 3.05) is 26.2 Å². The predicted octanol–water partition coefficient (Wildman–Crippen LogP) is 4.32. The van der Waals surface area contributed by atoms with Crippen LogP contribution in [0.25, 0.3) is 10.6 Å². The molecule has 0 spiro atoms. The van der Waals surface area contributed by atoms with Crippen LogP contribution >= 0.6 is 22.9 Å². The quantitative estimate of drug-likeness (QED) is 0.579. The zero-order chi connectivity index (χ0) is 23.1. The van der Waals surface area contributed by atoms with Gasteiger partial charge < -0.3 is 15.4 Å². The van der Waals surface area contributed by atoms with Crippen molar-refractivity contribution >= 4 is 34.9 Å². The molecule has 1 aromatic heterocycles. The first-order valence-corrected chi connectivity index (χ1v) is 12.1. The summed E-state index contributed by atoms with van der Waals surface area (Å²) < 4.78 is 5.19. The molecule has 7 nitrogen and oxygen atoms in total. The highest BCUT2D eigenvalue weighted by atomic mass is 35.5. The molecule has 2 heterocycles. The van der Waals surface area contributed by atoms with Crippen molar-refractivity contribution in [1.82, 2.24) is 20.5 Å². The van der Waals surface area contributed by atoms with Crippen LogP contribution in [0.3, 0.4) is 0 Å². The molecule has 2 aromatic rings. The molecule has 1 aromatic carbocycles. The summed E-state index contributed by atoms with van der Waals surface area (Å²) in [5.74, 6) is -0.0392. The number of thiazole rings is 1. The fourth-order valence-electron chi connectivity index (χ4n) is 3.59. The Bertz CT molecular complexity index is 928. The molecule has 1 atom stereocenters. The first-order valence-electron chi connectivity index (χ1n) is 10.9. The Morgan fingerprint density at radius 3 is 2.75 bits per heavy atom. The van der Waals surface area contributed by atoms with Crippen LogP contribution in [0.1, 0.15) is 39.3 Å². The molecule has 0 saturated carbocycles. The number of ether oxygens (including phenoxy) is 1. The lowest BCUT2D eigenvalue weighted by atomic mass is 9.97. The van der Waals surface area contributed by atoms with E-state index in [0.717, 1.165) is 35.7 Å². The van der Waals surface area contributed by atoms with Crippen molar-refractivity contribution < 1.29 is 14.3 Å². The highest BCUT2D eigenvalue weighted by Gasteiger charge is 2.26. The third-order valence-corrected chi connectivity index (χ3v) is 6.26. The summed E-state index contributed by atoms with van der Waals surface area (Å²) in [5.41, 5.74) is 1.40. The largest absolute Gasteiger partial charge is 0.444 e. The number of alkyl carbamates (subject to hydrolysis) is 1. The molecule has 0 bridgehead atoms. The van der Waals surface area contributed by atoms with E-state index in [2.05, 4.69) is 20.9 Å². The lowest BCUT2D eigenvalue weighted by Crippen LogP contribution is -2.44. The van der Waals surface area contributed by atoms with Crippen molar-refractivity contribution in [2.45, 2.75) is 45.8 Å². The number of halogens is 1. The van der Waals surface area contributed by atoms with Gasteiger partial charge in [0.05, 0.1) is 16.6 Å². The second-order valence-corrected chi connectivity index (χ2v) is 10.2. The van der Waals surface area contributed by atoms with Crippen molar-refractivity contribution in [3.63, 3.8) is 0 Å². The Morgan fingerprint density at radius 2 is 2.00 bits per heavy atom. The number of rotatable bonds is 7. The van der Waals surface area contributed by atoms with E-state index in [4.69, 9.17) is 21.3 Å². The minimum absolute atomic E-state index is 0.0238. The van der Waals surface area contributed by atoms with E-state index in [9.17, 15) is 9.59 Å². The molecule has 1 unspecified atom stereocenters. The van der Waals surface area contributed by atoms with E-state index < -0.39 is 11.7 Å². The fourth-order valence-corrected chi connectivity index (χ4v) is 4.72. The summed E-state index contributed by atoms with van der Waals surface area (Å²) >= 11 is 7.88. The van der Waals surface area contributed by atoms with Crippen LogP contribution in [0.2, 0.25) is 5.02 Å². The number of hydrogen-bond donors (Lipinski definition) is 2. The standard InChI is InChI=1S/C23H31ClN4O3S/c1-23(2,3)31-22(30)26-11-10-25-20(29)16-7-6-12-28(13-16)14-17-15-32-21(27-17)18-8-4-5-9-19(18)24/h4-5,8-9,15-16H,6-7,10-14H2,1-3H3,(H,25,29)(H,26,30). The monoisotopic (exact) mass is 478 g/mol. The van der Waals surface area contributed by atoms with Crippen LogP contribution in [-0.4, -0.2) is 53.7 Å². The summed E-state index contributed by atoms with van der Waals surface area (Å²) in [6.45, 7) is 8.51. The summed E-state index contributed by atoms with van der Waals surface area (Å²) in [6, 6.07) is 7.71. The number of nitrogens with one attached hydrogen (secondary N) is 2. The molecule has 174 valence electrons. The summed E-state index contributed by atoms with van der Waals surface area (Å²) in [7, 11) is 0. The zero-order valence-corrected chi connectivity index (χ0v) is 20.4. The van der Waals surface area contributed by atoms with Crippen molar-refractivity contribution in [3.8, 4) is 10.6 Å². The Labute approximate surface area is 198 Å². The molecule has 2 amide bonds. The van der Waals surface area contributed by atoms with E-state index in [-0.39, 0.29) is 11.8 Å². The topological polar surface area (TPSA) is 83.6 Å². The van der Waals surface area contributed by atoms with Crippen LogP contribution < -0.4 is 10.6 Å². The first kappa shape index (κ1) is 24.5. The van der Waals surface area contributed by atoms with Gasteiger partial charge in [0.15, 0.2) is 0 Å². The Hall–Kier alpha value is -2.16. The normalized spacial score (nSPS) is 17.1. The Kier molecular flexibility index (Phi) is 8.51. The lowest BCUT2D eigenvalue weighted by molar-refractivity contribution is -0.126. The third-order valence-electron chi connectivity index (χ3n) is 5.01. The smallest absolute Gasteiger partial charge is 0.407 e. The molecule has 1 saturated heterocycles. The molecule has 32 heavy (non-hydrogen) atoms. The van der Waals surface area contributed by atoms with Crippen LogP contribution in [-0.2, 0) is 16.1 Å². The second-order valence-electron chi connectivity index (χ2n) is 8.92. The van der Waals surface area contributed by atoms with Crippen molar-refractivity contribution in [1.29, 1.82) is 0 Å². The number of nitrogens with zero attached hydrogens (tertiary/aromatic N) is 2. The van der Waals surface area contributed by atoms with Gasteiger partial charge in [0.25, 0.3) is 0 Å². The number of likely N-dealkylation sites (tertiary alicyclic amines) is 1. The molecule has 2 N–H and O–H groups in total. The molecule has 1 aliphatic heterocycles. The molecule has 1 aliphatic rings. The molecular weight excluding hydrogens is 448 g/mol. The predicted molar refractivity (Wildman–Crippen MR) is 128 cm³/mol. The Morgan fingerprint density at radius 1 is 1.25 bits per heavy atom. The SMILES string of the molecule is CC(C)(C)OC(=O)NCCNC(=O)C1CCCN(Cc2csc(-c3ccccc3Cl)n2)C1. The van der Waals surface area contributed by atoms with Crippen LogP contribution in [0.5, 0.6) is 0 Å². The summed E-state index contributed by atoms with van der Waals surface area (Å²) in [4.78, 5) is 31.3. The van der Waals surface area contributed by atoms with Crippen LogP contribution in [0.15, 0.2) is 29.6 Å². The second kappa shape index (κ2) is 11.1. The van der Waals surface area contributed by atoms with Gasteiger partial charge in [-0.1, -0.05) is 29.8 Å². The number of aromatic nitrogens is 1. The molecule has 9 heteroatoms. The van der Waals surface area contributed by atoms with Crippen molar-refractivity contribution in [2.24, 2.45) is 5.92 Å². The molecular formula is C23H31ClN4O3S. The van der Waals surface area contributed by atoms with Gasteiger partial charge >= 0.3 is 6.09 Å². The fraction of sp³-hybridized carbons (Fsp3) is 0.522. The molecule has 0 radical (unpaired) electrons. The minimum Gasteiger partial charge on any atom is -0.444 e. The highest BCUT2D eigenvalue weighted by Crippen LogP contribution is 2.30. The molecule has 0 aliphatic carbocycles. The van der Waals surface area contributed by atoms with Gasteiger partial charge in [-0.3, -0.25) is 9.69 Å². The van der Waals surface area contributed by atoms with E-state index in [1.54, 1.807) is 11.3 Å². The van der Waals surface area contributed by atoms with Gasteiger partial charge in [-0.15, -0.1) is 11.3 Å². The maximum absolute atomic E-state index is 12.6. The van der Waals surface area contributed by atoms with Gasteiger partial charge in [0.2, 0.25) is 5.91 Å². The van der Waals surface area contributed by atoms with E-state index >= 15 is 0 Å². The van der Waals surface area contributed by atoms with E-state index in [1.165, 1.54) is 0 Å². The van der Waals surface area contributed by atoms with Gasteiger partial charge in [-0.2, -0.15) is 0 Å². The van der Waals surface area contributed by atoms with E-state index in [0.29, 0.717) is 31.2 Å². The zero-order valence-electron chi connectivity index (χ0n) is 18.8. The highest BCUT2D eigenvalue weighted by molar-refractivity contribution is 7.13. The number of benzene rings is 1. The van der Waals surface area contributed by atoms with Crippen LogP contribution in [0, 0.1) is 5.92 Å². The molecule has 3 rings (SSSR count). The maximum atomic E-state index is 12.6. The van der Waals surface area contributed by atoms with Gasteiger partial charge in [0, 0.05) is 37.1 Å². The van der Waals surface area contributed by atoms with Gasteiger partial charge in [-0.05, 0) is 46.2 Å². The maximum Gasteiger partial charge on any atom is 0.407 e. The summed E-state index contributed by atoms with van der Waals surface area (Å²) in [5, 5.41) is 9.25. The third kappa shape index (κ3) is 7.46. The minimum atomic E-state index is -0.537. The average molecular weight is 479 g/mol. The number of hydrogen-bond acceptors (Lipinski definition) is 6. The van der Waals surface area contributed by atoms with Gasteiger partial charge in [0.1, 0.15) is 10.6 Å². The number of carbonyl (C=O) groups is 2. The number of carbonyl (C=O) groups excluding carboxylic acids is 2. The Balaban J connectivity index is 1.44. The summed E-state index contributed by atoms with van der Waals surface area (Å²) in [6.07, 6.45) is 1.36. The van der Waals surface area contributed by atoms with E-state index in [1.807, 2.05) is 45.0 Å². The molecule has 1 fully saturated rings. The van der Waals surface area contributed by atoms with Crippen LogP contribution in [0.4, 0.5) is 4.79 Å². The number of amides is 2. The number of piperidine rings is 1. The lowest BCUT2D eigenvalue weighted by Gasteiger charge is -2.31. The van der Waals surface area contributed by atoms with Crippen molar-refractivity contribution in [3.05, 3.63) is 40.4 Å². The van der Waals surface area contributed by atoms with Gasteiger partial charge in [-0.25, -0.2) is 9.78 Å². The average Bonchev–Trinajstić information content (AvgIpc) is 3.18. The first-order chi connectivity index (χ1) is 15.2.